The summed E-state index contributed by atoms with van der Waals surface area (Å²) in [6.07, 6.45) is 5.20. The van der Waals surface area contributed by atoms with E-state index in [1.165, 1.54) is 0 Å². The van der Waals surface area contributed by atoms with Crippen LogP contribution < -0.4 is 5.32 Å². The van der Waals surface area contributed by atoms with Gasteiger partial charge in [0.1, 0.15) is 0 Å². The van der Waals surface area contributed by atoms with E-state index in [1.54, 1.807) is 16.9 Å². The smallest absolute Gasteiger partial charge is 0.220 e. The number of hydrogen-bond acceptors (Lipinski definition) is 3. The number of aromatic nitrogens is 2. The predicted molar refractivity (Wildman–Crippen MR) is 95.3 cm³/mol. The quantitative estimate of drug-likeness (QED) is 0.751. The molecule has 0 radical (unpaired) electrons. The van der Waals surface area contributed by atoms with Gasteiger partial charge in [0.15, 0.2) is 0 Å². The Morgan fingerprint density at radius 2 is 2.21 bits per heavy atom. The molecule has 1 aromatic carbocycles. The van der Waals surface area contributed by atoms with E-state index in [4.69, 9.17) is 23.2 Å². The topological polar surface area (TPSA) is 67.2 Å². The Morgan fingerprint density at radius 1 is 1.42 bits per heavy atom. The third-order valence-corrected chi connectivity index (χ3v) is 4.64. The molecule has 0 unspecified atom stereocenters. The van der Waals surface area contributed by atoms with E-state index in [0.29, 0.717) is 35.9 Å². The number of halogens is 2. The summed E-state index contributed by atoms with van der Waals surface area (Å²) in [6.45, 7) is 0.433. The minimum absolute atomic E-state index is 0.00922. The number of aryl methyl sites for hydroxylation is 2. The first kappa shape index (κ1) is 18.8. The van der Waals surface area contributed by atoms with Crippen molar-refractivity contribution in [2.45, 2.75) is 19.3 Å². The molecule has 5 nitrogen and oxygen atoms in total. The van der Waals surface area contributed by atoms with E-state index in [2.05, 4.69) is 10.4 Å². The van der Waals surface area contributed by atoms with Gasteiger partial charge in [0.2, 0.25) is 5.91 Å². The van der Waals surface area contributed by atoms with E-state index in [0.717, 1.165) is 11.1 Å². The minimum Gasteiger partial charge on any atom is -0.396 e. The van der Waals surface area contributed by atoms with Crippen molar-refractivity contribution in [2.75, 3.05) is 13.2 Å². The number of aliphatic hydroxyl groups excluding tert-OH is 1. The summed E-state index contributed by atoms with van der Waals surface area (Å²) >= 11 is 12.1. The summed E-state index contributed by atoms with van der Waals surface area (Å²) in [7, 11) is 1.85. The van der Waals surface area contributed by atoms with Crippen LogP contribution in [0.2, 0.25) is 10.0 Å². The van der Waals surface area contributed by atoms with Crippen molar-refractivity contribution in [3.05, 3.63) is 51.8 Å². The summed E-state index contributed by atoms with van der Waals surface area (Å²) in [5, 5.41) is 17.4. The maximum absolute atomic E-state index is 12.0. The number of amides is 1. The van der Waals surface area contributed by atoms with Crippen LogP contribution in [0.5, 0.6) is 0 Å². The average Bonchev–Trinajstić information content (AvgIpc) is 2.97. The second kappa shape index (κ2) is 9.06. The van der Waals surface area contributed by atoms with Crippen LogP contribution in [0, 0.1) is 5.92 Å². The van der Waals surface area contributed by atoms with Crippen molar-refractivity contribution in [1.29, 1.82) is 0 Å². The van der Waals surface area contributed by atoms with E-state index in [-0.39, 0.29) is 18.4 Å². The number of nitrogens with zero attached hydrogens (tertiary/aromatic N) is 2. The maximum atomic E-state index is 12.0. The molecule has 130 valence electrons. The van der Waals surface area contributed by atoms with Gasteiger partial charge in [-0.25, -0.2) is 0 Å². The van der Waals surface area contributed by atoms with E-state index >= 15 is 0 Å². The lowest BCUT2D eigenvalue weighted by Crippen LogP contribution is -2.32. The molecule has 0 fully saturated rings. The molecule has 0 bridgehead atoms. The number of benzene rings is 1. The Bertz CT molecular complexity index is 688. The van der Waals surface area contributed by atoms with Crippen molar-refractivity contribution in [3.63, 3.8) is 0 Å². The number of rotatable bonds is 8. The van der Waals surface area contributed by atoms with E-state index < -0.39 is 0 Å². The molecular weight excluding hydrogens is 349 g/mol. The van der Waals surface area contributed by atoms with Gasteiger partial charge in [0.25, 0.3) is 0 Å². The number of nitrogens with one attached hydrogen (secondary N) is 1. The fourth-order valence-corrected chi connectivity index (χ4v) is 2.86. The van der Waals surface area contributed by atoms with Gasteiger partial charge in [-0.1, -0.05) is 35.3 Å². The summed E-state index contributed by atoms with van der Waals surface area (Å²) in [4.78, 5) is 12.0. The van der Waals surface area contributed by atoms with Crippen LogP contribution in [0.25, 0.3) is 0 Å². The number of hydrogen-bond donors (Lipinski definition) is 2. The molecular formula is C17H21Cl2N3O2. The zero-order valence-corrected chi connectivity index (χ0v) is 15.0. The van der Waals surface area contributed by atoms with Crippen LogP contribution in [0.3, 0.4) is 0 Å². The van der Waals surface area contributed by atoms with Gasteiger partial charge in [-0.15, -0.1) is 0 Å². The van der Waals surface area contributed by atoms with Gasteiger partial charge in [-0.3, -0.25) is 9.48 Å². The second-order valence-corrected chi connectivity index (χ2v) is 6.58. The highest BCUT2D eigenvalue weighted by Gasteiger charge is 2.12. The first-order valence-electron chi connectivity index (χ1n) is 7.77. The van der Waals surface area contributed by atoms with Crippen molar-refractivity contribution in [3.8, 4) is 0 Å². The second-order valence-electron chi connectivity index (χ2n) is 5.79. The number of aliphatic hydroxyl groups is 1. The van der Waals surface area contributed by atoms with Crippen LogP contribution in [-0.4, -0.2) is 33.9 Å². The fourth-order valence-electron chi connectivity index (χ4n) is 2.45. The highest BCUT2D eigenvalue weighted by molar-refractivity contribution is 6.42. The molecule has 2 rings (SSSR count). The fraction of sp³-hybridized carbons (Fsp3) is 0.412. The SMILES string of the molecule is Cn1cc(C[C@@H](CO)CNC(=O)CCc2cccc(Cl)c2Cl)cn1. The van der Waals surface area contributed by atoms with Crippen LogP contribution in [0.1, 0.15) is 17.5 Å². The van der Waals surface area contributed by atoms with Crippen molar-refractivity contribution in [2.24, 2.45) is 13.0 Å². The first-order valence-corrected chi connectivity index (χ1v) is 8.53. The lowest BCUT2D eigenvalue weighted by Gasteiger charge is -2.14. The molecule has 24 heavy (non-hydrogen) atoms. The van der Waals surface area contributed by atoms with Crippen LogP contribution in [0.4, 0.5) is 0 Å². The largest absolute Gasteiger partial charge is 0.396 e. The van der Waals surface area contributed by atoms with Crippen LogP contribution in [-0.2, 0) is 24.7 Å². The Balaban J connectivity index is 1.78. The third-order valence-electron chi connectivity index (χ3n) is 3.78. The molecule has 2 aromatic rings. The summed E-state index contributed by atoms with van der Waals surface area (Å²) in [6, 6.07) is 5.40. The van der Waals surface area contributed by atoms with Gasteiger partial charge >= 0.3 is 0 Å². The van der Waals surface area contributed by atoms with Crippen LogP contribution >= 0.6 is 23.2 Å². The minimum atomic E-state index is -0.0734. The lowest BCUT2D eigenvalue weighted by atomic mass is 10.0. The molecule has 0 aliphatic heterocycles. The molecule has 0 spiro atoms. The zero-order valence-electron chi connectivity index (χ0n) is 13.5. The Kier molecular flexibility index (Phi) is 7.09. The average molecular weight is 370 g/mol. The monoisotopic (exact) mass is 369 g/mol. The van der Waals surface area contributed by atoms with Crippen molar-refractivity contribution >= 4 is 29.1 Å². The Labute approximate surface area is 151 Å². The van der Waals surface area contributed by atoms with Gasteiger partial charge in [0, 0.05) is 38.7 Å². The van der Waals surface area contributed by atoms with E-state index in [1.807, 2.05) is 25.4 Å². The molecule has 1 atom stereocenters. The lowest BCUT2D eigenvalue weighted by molar-refractivity contribution is -0.121. The highest BCUT2D eigenvalue weighted by atomic mass is 35.5. The number of carbonyl (C=O) groups is 1. The van der Waals surface area contributed by atoms with Crippen molar-refractivity contribution in [1.82, 2.24) is 15.1 Å². The molecule has 0 saturated heterocycles. The zero-order chi connectivity index (χ0) is 17.5. The summed E-state index contributed by atoms with van der Waals surface area (Å²) in [5.74, 6) is -0.108. The highest BCUT2D eigenvalue weighted by Crippen LogP contribution is 2.26. The van der Waals surface area contributed by atoms with Gasteiger partial charge in [0.05, 0.1) is 16.2 Å². The Hall–Kier alpha value is -1.56. The maximum Gasteiger partial charge on any atom is 0.220 e. The van der Waals surface area contributed by atoms with Crippen LogP contribution in [0.15, 0.2) is 30.6 Å². The first-order chi connectivity index (χ1) is 11.5. The normalized spacial score (nSPS) is 12.2. The van der Waals surface area contributed by atoms with Gasteiger partial charge < -0.3 is 10.4 Å². The summed E-state index contributed by atoms with van der Waals surface area (Å²) < 4.78 is 1.72. The molecule has 0 saturated carbocycles. The summed E-state index contributed by atoms with van der Waals surface area (Å²) in [5.41, 5.74) is 1.89. The molecule has 7 heteroatoms. The van der Waals surface area contributed by atoms with Gasteiger partial charge in [-0.2, -0.15) is 5.10 Å². The molecule has 1 heterocycles. The molecule has 0 aliphatic rings. The predicted octanol–water partition coefficient (Wildman–Crippen LogP) is 2.63. The third kappa shape index (κ3) is 5.51. The van der Waals surface area contributed by atoms with E-state index in [9.17, 15) is 9.90 Å². The van der Waals surface area contributed by atoms with Crippen molar-refractivity contribution < 1.29 is 9.90 Å². The standard InChI is InChI=1S/C17H21Cl2N3O2/c1-22-10-12(9-21-22)7-13(11-23)8-20-16(24)6-5-14-3-2-4-15(18)17(14)19/h2-4,9-10,13,23H,5-8,11H2,1H3,(H,20,24)/t13-/m1/s1. The molecule has 1 aromatic heterocycles. The molecule has 2 N–H and O–H groups in total. The molecule has 0 aliphatic carbocycles. The Morgan fingerprint density at radius 3 is 2.88 bits per heavy atom. The molecule has 1 amide bonds. The number of carbonyl (C=O) groups excluding carboxylic acids is 1. The van der Waals surface area contributed by atoms with Gasteiger partial charge in [-0.05, 0) is 30.0 Å².